The van der Waals surface area contributed by atoms with Gasteiger partial charge in [-0.1, -0.05) is 0 Å². The molecular formula is C8H13N3O. The molecule has 0 radical (unpaired) electrons. The fraction of sp³-hybridized carbons (Fsp3) is 0.750. The molecule has 1 N–H and O–H groups in total. The van der Waals surface area contributed by atoms with E-state index in [1.807, 2.05) is 4.90 Å². The molecule has 0 aromatic heterocycles. The molecule has 0 aromatic rings. The number of rotatable bonds is 2. The highest BCUT2D eigenvalue weighted by molar-refractivity contribution is 5.81. The summed E-state index contributed by atoms with van der Waals surface area (Å²) in [5, 5.41) is 11.1. The van der Waals surface area contributed by atoms with Crippen LogP contribution in [0.5, 0.6) is 0 Å². The van der Waals surface area contributed by atoms with Crippen LogP contribution < -0.4 is 5.32 Å². The average molecular weight is 167 g/mol. The summed E-state index contributed by atoms with van der Waals surface area (Å²) in [5.41, 5.74) is 0. The summed E-state index contributed by atoms with van der Waals surface area (Å²) in [6, 6.07) is 1.99. The third-order valence-electron chi connectivity index (χ3n) is 2.19. The standard InChI is InChI=1S/C8H13N3O/c1-10-8(12)7-3-2-5-11(7)6-4-9/h7H,2-3,5-6H2,1H3,(H,10,12). The van der Waals surface area contributed by atoms with E-state index in [1.54, 1.807) is 7.05 Å². The van der Waals surface area contributed by atoms with E-state index in [-0.39, 0.29) is 11.9 Å². The highest BCUT2D eigenvalue weighted by Gasteiger charge is 2.29. The van der Waals surface area contributed by atoms with Crippen LogP contribution in [-0.2, 0) is 4.79 Å². The van der Waals surface area contributed by atoms with Gasteiger partial charge in [-0.15, -0.1) is 0 Å². The van der Waals surface area contributed by atoms with Crippen LogP contribution in [0.15, 0.2) is 0 Å². The van der Waals surface area contributed by atoms with Gasteiger partial charge in [0.25, 0.3) is 0 Å². The van der Waals surface area contributed by atoms with Gasteiger partial charge in [0, 0.05) is 13.6 Å². The number of hydrogen-bond donors (Lipinski definition) is 1. The van der Waals surface area contributed by atoms with Gasteiger partial charge in [0.2, 0.25) is 5.91 Å². The van der Waals surface area contributed by atoms with Crippen molar-refractivity contribution in [2.75, 3.05) is 20.1 Å². The Kier molecular flexibility index (Phi) is 3.06. The van der Waals surface area contributed by atoms with E-state index >= 15 is 0 Å². The molecule has 4 nitrogen and oxygen atoms in total. The zero-order chi connectivity index (χ0) is 8.97. The molecule has 0 bridgehead atoms. The van der Waals surface area contributed by atoms with E-state index in [2.05, 4.69) is 11.4 Å². The summed E-state index contributed by atoms with van der Waals surface area (Å²) < 4.78 is 0. The van der Waals surface area contributed by atoms with Crippen LogP contribution in [0.4, 0.5) is 0 Å². The first-order valence-corrected chi connectivity index (χ1v) is 4.12. The molecule has 1 atom stereocenters. The number of nitriles is 1. The van der Waals surface area contributed by atoms with Crippen molar-refractivity contribution in [3.63, 3.8) is 0 Å². The summed E-state index contributed by atoms with van der Waals surface area (Å²) in [7, 11) is 1.63. The molecule has 1 aliphatic rings. The van der Waals surface area contributed by atoms with Crippen LogP contribution in [0.1, 0.15) is 12.8 Å². The number of likely N-dealkylation sites (N-methyl/N-ethyl adjacent to an activating group) is 1. The van der Waals surface area contributed by atoms with Gasteiger partial charge in [-0.25, -0.2) is 0 Å². The van der Waals surface area contributed by atoms with Gasteiger partial charge in [0.15, 0.2) is 0 Å². The predicted octanol–water partition coefficient (Wildman–Crippen LogP) is -0.280. The third-order valence-corrected chi connectivity index (χ3v) is 2.19. The maximum Gasteiger partial charge on any atom is 0.237 e. The Labute approximate surface area is 72.2 Å². The van der Waals surface area contributed by atoms with Crippen LogP contribution in [0.3, 0.4) is 0 Å². The molecule has 1 saturated heterocycles. The lowest BCUT2D eigenvalue weighted by Crippen LogP contribution is -2.41. The van der Waals surface area contributed by atoms with Gasteiger partial charge in [-0.2, -0.15) is 5.26 Å². The molecule has 1 aliphatic heterocycles. The Morgan fingerprint density at radius 2 is 2.58 bits per heavy atom. The SMILES string of the molecule is CNC(=O)C1CCCN1CC#N. The molecule has 1 amide bonds. The van der Waals surface area contributed by atoms with Gasteiger partial charge in [-0.05, 0) is 12.8 Å². The monoisotopic (exact) mass is 167 g/mol. The Bertz CT molecular complexity index is 209. The van der Waals surface area contributed by atoms with Crippen molar-refractivity contribution in [2.45, 2.75) is 18.9 Å². The van der Waals surface area contributed by atoms with Crippen LogP contribution in [0, 0.1) is 11.3 Å². The Hall–Kier alpha value is -1.08. The van der Waals surface area contributed by atoms with Crippen molar-refractivity contribution in [1.29, 1.82) is 5.26 Å². The van der Waals surface area contributed by atoms with Crippen molar-refractivity contribution in [2.24, 2.45) is 0 Å². The van der Waals surface area contributed by atoms with Crippen molar-refractivity contribution in [1.82, 2.24) is 10.2 Å². The van der Waals surface area contributed by atoms with Crippen LogP contribution >= 0.6 is 0 Å². The maximum absolute atomic E-state index is 11.2. The molecule has 0 spiro atoms. The highest BCUT2D eigenvalue weighted by atomic mass is 16.2. The molecule has 0 saturated carbocycles. The second kappa shape index (κ2) is 4.07. The molecule has 1 heterocycles. The number of amides is 1. The maximum atomic E-state index is 11.2. The van der Waals surface area contributed by atoms with Crippen LogP contribution in [0.2, 0.25) is 0 Å². The zero-order valence-electron chi connectivity index (χ0n) is 7.21. The smallest absolute Gasteiger partial charge is 0.237 e. The summed E-state index contributed by atoms with van der Waals surface area (Å²) in [6.45, 7) is 1.23. The Morgan fingerprint density at radius 3 is 3.17 bits per heavy atom. The van der Waals surface area contributed by atoms with Gasteiger partial charge >= 0.3 is 0 Å². The first-order chi connectivity index (χ1) is 5.79. The number of nitrogens with zero attached hydrogens (tertiary/aromatic N) is 2. The van der Waals surface area contributed by atoms with E-state index in [9.17, 15) is 4.79 Å². The second-order valence-corrected chi connectivity index (χ2v) is 2.90. The van der Waals surface area contributed by atoms with Gasteiger partial charge in [0.05, 0.1) is 18.7 Å². The Balaban J connectivity index is 2.52. The minimum Gasteiger partial charge on any atom is -0.358 e. The largest absolute Gasteiger partial charge is 0.358 e. The molecule has 1 rings (SSSR count). The normalized spacial score (nSPS) is 23.5. The van der Waals surface area contributed by atoms with Crippen molar-refractivity contribution in [3.8, 4) is 6.07 Å². The number of carbonyl (C=O) groups excluding carboxylic acids is 1. The number of carbonyl (C=O) groups is 1. The molecule has 12 heavy (non-hydrogen) atoms. The lowest BCUT2D eigenvalue weighted by atomic mass is 10.2. The quantitative estimate of drug-likeness (QED) is 0.575. The average Bonchev–Trinajstić information content (AvgIpc) is 2.52. The van der Waals surface area contributed by atoms with Crippen LogP contribution in [-0.4, -0.2) is 37.0 Å². The minimum atomic E-state index is -0.0744. The minimum absolute atomic E-state index is 0.0303. The van der Waals surface area contributed by atoms with Crippen molar-refractivity contribution < 1.29 is 4.79 Å². The third kappa shape index (κ3) is 1.74. The first-order valence-electron chi connectivity index (χ1n) is 4.12. The highest BCUT2D eigenvalue weighted by Crippen LogP contribution is 2.15. The van der Waals surface area contributed by atoms with E-state index in [0.717, 1.165) is 19.4 Å². The summed E-state index contributed by atoms with van der Waals surface area (Å²) in [4.78, 5) is 13.2. The molecular weight excluding hydrogens is 154 g/mol. The van der Waals surface area contributed by atoms with E-state index in [1.165, 1.54) is 0 Å². The Morgan fingerprint density at radius 1 is 1.83 bits per heavy atom. The van der Waals surface area contributed by atoms with E-state index in [0.29, 0.717) is 6.54 Å². The summed E-state index contributed by atoms with van der Waals surface area (Å²) in [5.74, 6) is 0.0303. The zero-order valence-corrected chi connectivity index (χ0v) is 7.21. The number of likely N-dealkylation sites (tertiary alicyclic amines) is 1. The fourth-order valence-corrected chi connectivity index (χ4v) is 1.57. The molecule has 1 unspecified atom stereocenters. The summed E-state index contributed by atoms with van der Waals surface area (Å²) in [6.07, 6.45) is 1.89. The van der Waals surface area contributed by atoms with Crippen LogP contribution in [0.25, 0.3) is 0 Å². The topological polar surface area (TPSA) is 56.1 Å². The van der Waals surface area contributed by atoms with Gasteiger partial charge < -0.3 is 5.32 Å². The number of nitrogens with one attached hydrogen (secondary N) is 1. The summed E-state index contributed by atoms with van der Waals surface area (Å²) >= 11 is 0. The first kappa shape index (κ1) is 9.01. The fourth-order valence-electron chi connectivity index (χ4n) is 1.57. The lowest BCUT2D eigenvalue weighted by molar-refractivity contribution is -0.124. The van der Waals surface area contributed by atoms with Crippen molar-refractivity contribution >= 4 is 5.91 Å². The number of hydrogen-bond acceptors (Lipinski definition) is 3. The van der Waals surface area contributed by atoms with E-state index < -0.39 is 0 Å². The second-order valence-electron chi connectivity index (χ2n) is 2.90. The van der Waals surface area contributed by atoms with Gasteiger partial charge in [0.1, 0.15) is 0 Å². The molecule has 66 valence electrons. The molecule has 1 fully saturated rings. The predicted molar refractivity (Wildman–Crippen MR) is 44.3 cm³/mol. The molecule has 0 aliphatic carbocycles. The van der Waals surface area contributed by atoms with Gasteiger partial charge in [-0.3, -0.25) is 9.69 Å². The van der Waals surface area contributed by atoms with E-state index in [4.69, 9.17) is 5.26 Å². The van der Waals surface area contributed by atoms with Crippen molar-refractivity contribution in [3.05, 3.63) is 0 Å². The molecule has 4 heteroatoms. The molecule has 0 aromatic carbocycles. The lowest BCUT2D eigenvalue weighted by Gasteiger charge is -2.19.